The molecular formula is C17H17FN2O. The molecular weight excluding hydrogens is 267 g/mol. The molecule has 0 aromatic heterocycles. The van der Waals surface area contributed by atoms with Gasteiger partial charge < -0.3 is 10.6 Å². The summed E-state index contributed by atoms with van der Waals surface area (Å²) in [6.07, 6.45) is 1.87. The summed E-state index contributed by atoms with van der Waals surface area (Å²) in [5, 5.41) is 5.72. The van der Waals surface area contributed by atoms with Crippen molar-refractivity contribution in [3.63, 3.8) is 0 Å². The number of amides is 2. The molecule has 0 aliphatic heterocycles. The molecule has 1 fully saturated rings. The molecule has 4 heteroatoms. The molecule has 0 unspecified atom stereocenters. The largest absolute Gasteiger partial charge is 0.334 e. The standard InChI is InChI=1S/C17H17FN2O/c18-15-9-5-4-6-13(15)12-19-16(21)20-17(10-11-17)14-7-2-1-3-8-14/h1-9H,10-12H2,(H2,19,20,21). The number of hydrogen-bond acceptors (Lipinski definition) is 1. The third kappa shape index (κ3) is 3.05. The van der Waals surface area contributed by atoms with Crippen LogP contribution < -0.4 is 10.6 Å². The predicted octanol–water partition coefficient (Wildman–Crippen LogP) is 3.31. The Bertz CT molecular complexity index is 638. The third-order valence-corrected chi connectivity index (χ3v) is 3.83. The number of carbonyl (C=O) groups excluding carboxylic acids is 1. The van der Waals surface area contributed by atoms with Crippen LogP contribution >= 0.6 is 0 Å². The molecule has 1 aliphatic rings. The van der Waals surface area contributed by atoms with Crippen LogP contribution in [0.2, 0.25) is 0 Å². The zero-order valence-electron chi connectivity index (χ0n) is 11.6. The van der Waals surface area contributed by atoms with E-state index in [2.05, 4.69) is 10.6 Å². The zero-order valence-corrected chi connectivity index (χ0v) is 11.6. The minimum absolute atomic E-state index is 0.184. The molecule has 0 heterocycles. The number of carbonyl (C=O) groups is 1. The molecule has 1 saturated carbocycles. The van der Waals surface area contributed by atoms with Gasteiger partial charge in [-0.15, -0.1) is 0 Å². The van der Waals surface area contributed by atoms with Gasteiger partial charge in [-0.25, -0.2) is 9.18 Å². The molecule has 2 amide bonds. The number of urea groups is 1. The molecule has 108 valence electrons. The van der Waals surface area contributed by atoms with Crippen molar-refractivity contribution in [2.75, 3.05) is 0 Å². The summed E-state index contributed by atoms with van der Waals surface area (Å²) in [5.74, 6) is -0.304. The second-order valence-corrected chi connectivity index (χ2v) is 5.35. The lowest BCUT2D eigenvalue weighted by Gasteiger charge is -2.18. The lowest BCUT2D eigenvalue weighted by atomic mass is 10.1. The van der Waals surface area contributed by atoms with Crippen LogP contribution in [-0.4, -0.2) is 6.03 Å². The summed E-state index contributed by atoms with van der Waals surface area (Å²) in [5.41, 5.74) is 1.35. The fourth-order valence-electron chi connectivity index (χ4n) is 2.45. The quantitative estimate of drug-likeness (QED) is 0.888. The SMILES string of the molecule is O=C(NCc1ccccc1F)NC1(c2ccccc2)CC1. The third-order valence-electron chi connectivity index (χ3n) is 3.83. The first-order chi connectivity index (χ1) is 10.2. The van der Waals surface area contributed by atoms with E-state index < -0.39 is 0 Å². The van der Waals surface area contributed by atoms with Crippen molar-refractivity contribution in [3.8, 4) is 0 Å². The Balaban J connectivity index is 1.59. The average molecular weight is 284 g/mol. The van der Waals surface area contributed by atoms with Gasteiger partial charge in [-0.1, -0.05) is 48.5 Å². The molecule has 3 nitrogen and oxygen atoms in total. The van der Waals surface area contributed by atoms with Crippen LogP contribution in [0.5, 0.6) is 0 Å². The lowest BCUT2D eigenvalue weighted by Crippen LogP contribution is -2.42. The molecule has 0 atom stereocenters. The summed E-state index contributed by atoms with van der Waals surface area (Å²) >= 11 is 0. The fourth-order valence-corrected chi connectivity index (χ4v) is 2.45. The number of benzene rings is 2. The Kier molecular flexibility index (Phi) is 3.60. The van der Waals surface area contributed by atoms with Crippen molar-refractivity contribution < 1.29 is 9.18 Å². The molecule has 0 spiro atoms. The number of hydrogen-bond donors (Lipinski definition) is 2. The molecule has 0 saturated heterocycles. The molecule has 2 aromatic rings. The Hall–Kier alpha value is -2.36. The van der Waals surface area contributed by atoms with Crippen LogP contribution in [0.15, 0.2) is 54.6 Å². The normalized spacial score (nSPS) is 15.3. The van der Waals surface area contributed by atoms with Gasteiger partial charge in [0.2, 0.25) is 0 Å². The first-order valence-corrected chi connectivity index (χ1v) is 7.05. The smallest absolute Gasteiger partial charge is 0.315 e. The van der Waals surface area contributed by atoms with E-state index in [1.807, 2.05) is 30.3 Å². The van der Waals surface area contributed by atoms with Gasteiger partial charge in [-0.2, -0.15) is 0 Å². The van der Waals surface area contributed by atoms with Crippen molar-refractivity contribution in [2.45, 2.75) is 24.9 Å². The second-order valence-electron chi connectivity index (χ2n) is 5.35. The minimum atomic E-state index is -0.304. The first kappa shape index (κ1) is 13.6. The van der Waals surface area contributed by atoms with Crippen molar-refractivity contribution in [1.29, 1.82) is 0 Å². The average Bonchev–Trinajstić information content (AvgIpc) is 3.28. The van der Waals surface area contributed by atoms with Crippen LogP contribution in [0.1, 0.15) is 24.0 Å². The van der Waals surface area contributed by atoms with Crippen LogP contribution in [0, 0.1) is 5.82 Å². The van der Waals surface area contributed by atoms with Crippen molar-refractivity contribution >= 4 is 6.03 Å². The predicted molar refractivity (Wildman–Crippen MR) is 79.1 cm³/mol. The van der Waals surface area contributed by atoms with E-state index in [9.17, 15) is 9.18 Å². The van der Waals surface area contributed by atoms with E-state index in [0.29, 0.717) is 5.56 Å². The minimum Gasteiger partial charge on any atom is -0.334 e. The molecule has 0 radical (unpaired) electrons. The Morgan fingerprint density at radius 3 is 2.38 bits per heavy atom. The maximum absolute atomic E-state index is 13.5. The van der Waals surface area contributed by atoms with E-state index in [4.69, 9.17) is 0 Å². The summed E-state index contributed by atoms with van der Waals surface area (Å²) < 4.78 is 13.5. The number of nitrogens with one attached hydrogen (secondary N) is 2. The van der Waals surface area contributed by atoms with E-state index >= 15 is 0 Å². The van der Waals surface area contributed by atoms with Gasteiger partial charge in [0.15, 0.2) is 0 Å². The topological polar surface area (TPSA) is 41.1 Å². The molecule has 3 rings (SSSR count). The molecule has 0 bridgehead atoms. The van der Waals surface area contributed by atoms with E-state index in [0.717, 1.165) is 18.4 Å². The van der Waals surface area contributed by atoms with Gasteiger partial charge in [0.25, 0.3) is 0 Å². The number of halogens is 1. The monoisotopic (exact) mass is 284 g/mol. The van der Waals surface area contributed by atoms with Crippen molar-refractivity contribution in [1.82, 2.24) is 10.6 Å². The van der Waals surface area contributed by atoms with Gasteiger partial charge in [0.1, 0.15) is 5.82 Å². The van der Waals surface area contributed by atoms with Crippen LogP contribution in [0.4, 0.5) is 9.18 Å². The highest BCUT2D eigenvalue weighted by Crippen LogP contribution is 2.45. The van der Waals surface area contributed by atoms with Crippen LogP contribution in [0.3, 0.4) is 0 Å². The first-order valence-electron chi connectivity index (χ1n) is 7.05. The summed E-state index contributed by atoms with van der Waals surface area (Å²) in [7, 11) is 0. The van der Waals surface area contributed by atoms with Crippen LogP contribution in [0.25, 0.3) is 0 Å². The van der Waals surface area contributed by atoms with E-state index in [1.165, 1.54) is 6.07 Å². The van der Waals surface area contributed by atoms with Crippen molar-refractivity contribution in [2.24, 2.45) is 0 Å². The second kappa shape index (κ2) is 5.56. The summed E-state index contributed by atoms with van der Waals surface area (Å²) in [6.45, 7) is 0.184. The van der Waals surface area contributed by atoms with Gasteiger partial charge in [-0.3, -0.25) is 0 Å². The fraction of sp³-hybridized carbons (Fsp3) is 0.235. The maximum atomic E-state index is 13.5. The Morgan fingerprint density at radius 2 is 1.71 bits per heavy atom. The van der Waals surface area contributed by atoms with Crippen molar-refractivity contribution in [3.05, 3.63) is 71.5 Å². The molecule has 1 aliphatic carbocycles. The highest BCUT2D eigenvalue weighted by Gasteiger charge is 2.45. The van der Waals surface area contributed by atoms with Gasteiger partial charge >= 0.3 is 6.03 Å². The number of rotatable bonds is 4. The van der Waals surface area contributed by atoms with E-state index in [-0.39, 0.29) is 23.9 Å². The maximum Gasteiger partial charge on any atom is 0.315 e. The van der Waals surface area contributed by atoms with Gasteiger partial charge in [-0.05, 0) is 24.5 Å². The van der Waals surface area contributed by atoms with Gasteiger partial charge in [0, 0.05) is 12.1 Å². The van der Waals surface area contributed by atoms with Crippen LogP contribution in [-0.2, 0) is 12.1 Å². The van der Waals surface area contributed by atoms with E-state index in [1.54, 1.807) is 18.2 Å². The highest BCUT2D eigenvalue weighted by atomic mass is 19.1. The summed E-state index contributed by atoms with van der Waals surface area (Å²) in [6, 6.07) is 16.1. The Morgan fingerprint density at radius 1 is 1.05 bits per heavy atom. The Labute approximate surface area is 123 Å². The zero-order chi connectivity index (χ0) is 14.7. The molecule has 2 N–H and O–H groups in total. The van der Waals surface area contributed by atoms with Gasteiger partial charge in [0.05, 0.1) is 5.54 Å². The molecule has 2 aromatic carbocycles. The summed E-state index contributed by atoms with van der Waals surface area (Å²) in [4.78, 5) is 12.0. The highest BCUT2D eigenvalue weighted by molar-refractivity contribution is 5.75. The molecule has 21 heavy (non-hydrogen) atoms. The lowest BCUT2D eigenvalue weighted by molar-refractivity contribution is 0.235.